The normalized spacial score (nSPS) is 10.1. The molecule has 5 heteroatoms. The zero-order valence-electron chi connectivity index (χ0n) is 12.4. The molecule has 0 aliphatic rings. The number of nitrogens with one attached hydrogen (secondary N) is 1. The quantitative estimate of drug-likeness (QED) is 0.757. The molecule has 22 heavy (non-hydrogen) atoms. The molecule has 0 saturated heterocycles. The van der Waals surface area contributed by atoms with Crippen molar-refractivity contribution in [2.24, 2.45) is 0 Å². The van der Waals surface area contributed by atoms with Crippen molar-refractivity contribution in [2.45, 2.75) is 6.92 Å². The molecule has 0 radical (unpaired) electrons. The van der Waals surface area contributed by atoms with Gasteiger partial charge in [-0.15, -0.1) is 23.7 Å². The molecule has 0 atom stereocenters. The summed E-state index contributed by atoms with van der Waals surface area (Å²) >= 11 is 1.43. The van der Waals surface area contributed by atoms with Crippen molar-refractivity contribution in [3.05, 3.63) is 64.3 Å². The molecule has 3 rings (SSSR count). The molecule has 1 aromatic heterocycles. The first-order valence-electron chi connectivity index (χ1n) is 6.65. The van der Waals surface area contributed by atoms with Crippen LogP contribution in [0.1, 0.15) is 5.56 Å². The number of benzene rings is 2. The lowest BCUT2D eigenvalue weighted by molar-refractivity contribution is 0.414. The third-order valence-electron chi connectivity index (χ3n) is 3.40. The van der Waals surface area contributed by atoms with Crippen molar-refractivity contribution in [1.82, 2.24) is 4.57 Å². The minimum absolute atomic E-state index is 0. The smallest absolute Gasteiger partial charge is 0.187 e. The van der Waals surface area contributed by atoms with Gasteiger partial charge in [-0.1, -0.05) is 29.8 Å². The molecular weight excluding hydrogens is 316 g/mol. The monoisotopic (exact) mass is 332 g/mol. The first-order chi connectivity index (χ1) is 10.2. The van der Waals surface area contributed by atoms with E-state index in [0.29, 0.717) is 4.80 Å². The SMILES string of the molecule is COc1ccc(-n2c(-c3ccc(C)cc3)csc2=N)cc1.Cl. The van der Waals surface area contributed by atoms with Crippen LogP contribution in [-0.2, 0) is 0 Å². The number of hydrogen-bond acceptors (Lipinski definition) is 3. The van der Waals surface area contributed by atoms with Crippen LogP contribution in [0.2, 0.25) is 0 Å². The Kier molecular flexibility index (Phi) is 5.06. The Morgan fingerprint density at radius 2 is 1.64 bits per heavy atom. The van der Waals surface area contributed by atoms with E-state index in [1.807, 2.05) is 34.2 Å². The molecule has 3 aromatic rings. The summed E-state index contributed by atoms with van der Waals surface area (Å²) < 4.78 is 7.14. The van der Waals surface area contributed by atoms with Gasteiger partial charge in [0.1, 0.15) is 5.75 Å². The van der Waals surface area contributed by atoms with Gasteiger partial charge in [-0.3, -0.25) is 9.98 Å². The van der Waals surface area contributed by atoms with Gasteiger partial charge >= 0.3 is 0 Å². The van der Waals surface area contributed by atoms with Gasteiger partial charge in [-0.05, 0) is 36.8 Å². The Morgan fingerprint density at radius 1 is 1.00 bits per heavy atom. The number of aromatic nitrogens is 1. The molecular formula is C17H17ClN2OS. The van der Waals surface area contributed by atoms with Gasteiger partial charge in [0, 0.05) is 11.1 Å². The van der Waals surface area contributed by atoms with Crippen LogP contribution in [0.25, 0.3) is 16.9 Å². The highest BCUT2D eigenvalue weighted by atomic mass is 35.5. The summed E-state index contributed by atoms with van der Waals surface area (Å²) in [7, 11) is 1.65. The fraction of sp³-hybridized carbons (Fsp3) is 0.118. The molecule has 1 heterocycles. The van der Waals surface area contributed by atoms with Crippen LogP contribution in [-0.4, -0.2) is 11.7 Å². The van der Waals surface area contributed by atoms with Crippen LogP contribution in [0, 0.1) is 12.3 Å². The molecule has 3 nitrogen and oxygen atoms in total. The summed E-state index contributed by atoms with van der Waals surface area (Å²) in [6.07, 6.45) is 0. The van der Waals surface area contributed by atoms with Gasteiger partial charge in [0.25, 0.3) is 0 Å². The van der Waals surface area contributed by atoms with E-state index in [0.717, 1.165) is 22.7 Å². The number of ether oxygens (including phenoxy) is 1. The van der Waals surface area contributed by atoms with Crippen LogP contribution >= 0.6 is 23.7 Å². The van der Waals surface area contributed by atoms with Gasteiger partial charge < -0.3 is 4.74 Å². The summed E-state index contributed by atoms with van der Waals surface area (Å²) in [5.41, 5.74) is 4.36. The highest BCUT2D eigenvalue weighted by Gasteiger charge is 2.09. The first kappa shape index (κ1) is 16.3. The summed E-state index contributed by atoms with van der Waals surface area (Å²) in [6, 6.07) is 16.1. The maximum atomic E-state index is 8.17. The standard InChI is InChI=1S/C17H16N2OS.ClH/c1-12-3-5-13(6-4-12)16-11-21-17(18)19(16)14-7-9-15(20-2)10-8-14;/h3-11,18H,1-2H3;1H. The Bertz CT molecular complexity index is 804. The molecule has 0 aliphatic heterocycles. The fourth-order valence-electron chi connectivity index (χ4n) is 2.24. The third-order valence-corrected chi connectivity index (χ3v) is 4.15. The van der Waals surface area contributed by atoms with Gasteiger partial charge in [0.05, 0.1) is 12.8 Å². The minimum Gasteiger partial charge on any atom is -0.497 e. The predicted molar refractivity (Wildman–Crippen MR) is 93.5 cm³/mol. The zero-order valence-corrected chi connectivity index (χ0v) is 14.0. The number of halogens is 1. The number of hydrogen-bond donors (Lipinski definition) is 1. The van der Waals surface area contributed by atoms with Gasteiger partial charge in [-0.2, -0.15) is 0 Å². The molecule has 2 aromatic carbocycles. The Morgan fingerprint density at radius 3 is 2.23 bits per heavy atom. The number of methoxy groups -OCH3 is 1. The van der Waals surface area contributed by atoms with Gasteiger partial charge in [-0.25, -0.2) is 0 Å². The average Bonchev–Trinajstić information content (AvgIpc) is 2.90. The molecule has 0 bridgehead atoms. The van der Waals surface area contributed by atoms with E-state index in [9.17, 15) is 0 Å². The van der Waals surface area contributed by atoms with Crippen molar-refractivity contribution in [2.75, 3.05) is 7.11 Å². The molecule has 1 N–H and O–H groups in total. The topological polar surface area (TPSA) is 38.0 Å². The lowest BCUT2D eigenvalue weighted by atomic mass is 10.1. The Labute approximate surface area is 139 Å². The maximum absolute atomic E-state index is 8.17. The van der Waals surface area contributed by atoms with Gasteiger partial charge in [0.2, 0.25) is 0 Å². The number of rotatable bonds is 3. The number of nitrogens with zero attached hydrogens (tertiary/aromatic N) is 1. The minimum atomic E-state index is 0. The van der Waals surface area contributed by atoms with E-state index in [-0.39, 0.29) is 12.4 Å². The summed E-state index contributed by atoms with van der Waals surface area (Å²) in [6.45, 7) is 2.07. The van der Waals surface area contributed by atoms with Crippen LogP contribution in [0.4, 0.5) is 0 Å². The Hall–Kier alpha value is -2.04. The summed E-state index contributed by atoms with van der Waals surface area (Å²) in [4.78, 5) is 0.510. The van der Waals surface area contributed by atoms with Gasteiger partial charge in [0.15, 0.2) is 4.80 Å². The van der Waals surface area contributed by atoms with Crippen molar-refractivity contribution in [3.63, 3.8) is 0 Å². The lowest BCUT2D eigenvalue weighted by Gasteiger charge is -2.10. The van der Waals surface area contributed by atoms with Crippen LogP contribution in [0.5, 0.6) is 5.75 Å². The van der Waals surface area contributed by atoms with Crippen LogP contribution < -0.4 is 9.54 Å². The third kappa shape index (κ3) is 3.08. The van der Waals surface area contributed by atoms with E-state index in [4.69, 9.17) is 10.1 Å². The van der Waals surface area contributed by atoms with Crippen LogP contribution in [0.15, 0.2) is 53.9 Å². The first-order valence-corrected chi connectivity index (χ1v) is 7.53. The lowest BCUT2D eigenvalue weighted by Crippen LogP contribution is -2.11. The highest BCUT2D eigenvalue weighted by molar-refractivity contribution is 7.07. The molecule has 0 aliphatic carbocycles. The number of aryl methyl sites for hydroxylation is 1. The molecule has 0 spiro atoms. The predicted octanol–water partition coefficient (Wildman–Crippen LogP) is 4.42. The van der Waals surface area contributed by atoms with Crippen molar-refractivity contribution in [3.8, 4) is 22.7 Å². The van der Waals surface area contributed by atoms with E-state index >= 15 is 0 Å². The van der Waals surface area contributed by atoms with E-state index in [1.165, 1.54) is 16.9 Å². The average molecular weight is 333 g/mol. The number of thiazole rings is 1. The van der Waals surface area contributed by atoms with E-state index in [1.54, 1.807) is 7.11 Å². The second kappa shape index (κ2) is 6.81. The van der Waals surface area contributed by atoms with E-state index < -0.39 is 0 Å². The molecule has 0 saturated carbocycles. The van der Waals surface area contributed by atoms with Crippen LogP contribution in [0.3, 0.4) is 0 Å². The molecule has 0 amide bonds. The molecule has 0 unspecified atom stereocenters. The second-order valence-electron chi connectivity index (χ2n) is 4.83. The molecule has 114 valence electrons. The maximum Gasteiger partial charge on any atom is 0.187 e. The summed E-state index contributed by atoms with van der Waals surface area (Å²) in [5, 5.41) is 10.2. The second-order valence-corrected chi connectivity index (χ2v) is 5.68. The largest absolute Gasteiger partial charge is 0.497 e. The molecule has 0 fully saturated rings. The van der Waals surface area contributed by atoms with Crippen molar-refractivity contribution < 1.29 is 4.74 Å². The fourth-order valence-corrected chi connectivity index (χ4v) is 3.01. The Balaban J connectivity index is 0.00000176. The summed E-state index contributed by atoms with van der Waals surface area (Å²) in [5.74, 6) is 0.818. The van der Waals surface area contributed by atoms with Crippen molar-refractivity contribution in [1.29, 1.82) is 5.41 Å². The van der Waals surface area contributed by atoms with Crippen molar-refractivity contribution >= 4 is 23.7 Å². The highest BCUT2D eigenvalue weighted by Crippen LogP contribution is 2.24. The zero-order chi connectivity index (χ0) is 14.8. The van der Waals surface area contributed by atoms with E-state index in [2.05, 4.69) is 31.2 Å².